The average Bonchev–Trinajstić information content (AvgIpc) is 2.36. The SMILES string of the molecule is CCOC(=O)C1=[N+]([O-])c2cc(C)ccc2[NH+]([O-])C1=O. The zero-order valence-electron chi connectivity index (χ0n) is 10.4. The third kappa shape index (κ3) is 2.09. The molecule has 7 heteroatoms. The molecule has 0 saturated carbocycles. The number of hydroxylamine groups is 1. The molecule has 0 fully saturated rings. The summed E-state index contributed by atoms with van der Waals surface area (Å²) in [6.45, 7) is 3.29. The number of carbonyl (C=O) groups excluding carboxylic acids is 2. The van der Waals surface area contributed by atoms with E-state index in [0.717, 1.165) is 5.56 Å². The first-order chi connectivity index (χ1) is 8.97. The highest BCUT2D eigenvalue weighted by molar-refractivity contribution is 6.60. The van der Waals surface area contributed by atoms with Crippen LogP contribution < -0.4 is 5.06 Å². The summed E-state index contributed by atoms with van der Waals surface area (Å²) >= 11 is 0. The smallest absolute Gasteiger partial charge is 0.423 e. The molecule has 0 radical (unpaired) electrons. The first-order valence-electron chi connectivity index (χ1n) is 5.68. The van der Waals surface area contributed by atoms with E-state index in [1.165, 1.54) is 12.1 Å². The van der Waals surface area contributed by atoms with Crippen molar-refractivity contribution in [3.8, 4) is 0 Å². The van der Waals surface area contributed by atoms with Gasteiger partial charge in [0.1, 0.15) is 0 Å². The predicted molar refractivity (Wildman–Crippen MR) is 65.1 cm³/mol. The lowest BCUT2D eigenvalue weighted by molar-refractivity contribution is -0.691. The summed E-state index contributed by atoms with van der Waals surface area (Å²) in [6.07, 6.45) is 0. The zero-order valence-corrected chi connectivity index (χ0v) is 10.4. The number of fused-ring (bicyclic) bond motifs is 1. The number of ether oxygens (including phenoxy) is 1. The van der Waals surface area contributed by atoms with Gasteiger partial charge in [-0.05, 0) is 19.4 Å². The number of hydrogen-bond donors (Lipinski definition) is 1. The molecule has 2 rings (SSSR count). The Bertz CT molecular complexity index is 594. The van der Waals surface area contributed by atoms with E-state index < -0.39 is 22.7 Å². The molecule has 1 N–H and O–H groups in total. The maximum atomic E-state index is 12.0. The van der Waals surface area contributed by atoms with Crippen LogP contribution in [0.1, 0.15) is 12.5 Å². The van der Waals surface area contributed by atoms with Crippen LogP contribution in [0.5, 0.6) is 0 Å². The lowest BCUT2D eigenvalue weighted by Crippen LogP contribution is -3.07. The Hall–Kier alpha value is -2.25. The van der Waals surface area contributed by atoms with E-state index in [-0.39, 0.29) is 22.7 Å². The molecule has 1 aliphatic heterocycles. The second-order valence-corrected chi connectivity index (χ2v) is 4.04. The molecule has 0 saturated heterocycles. The number of nitrogens with one attached hydrogen (secondary N) is 1. The van der Waals surface area contributed by atoms with Gasteiger partial charge in [0, 0.05) is 12.1 Å². The molecule has 0 aromatic heterocycles. The number of benzene rings is 1. The Morgan fingerprint density at radius 2 is 2.16 bits per heavy atom. The highest BCUT2D eigenvalue weighted by Gasteiger charge is 2.44. The van der Waals surface area contributed by atoms with Gasteiger partial charge < -0.3 is 15.2 Å². The van der Waals surface area contributed by atoms with Gasteiger partial charge in [0.25, 0.3) is 5.69 Å². The van der Waals surface area contributed by atoms with E-state index in [0.29, 0.717) is 0 Å². The standard InChI is InChI=1S/C12H12N2O5/c1-3-19-12(16)10-11(15)14(18)8-5-4-7(2)6-9(8)13(10)17/h4-6,14H,3H2,1-2H3. The van der Waals surface area contributed by atoms with Crippen molar-refractivity contribution in [2.24, 2.45) is 0 Å². The van der Waals surface area contributed by atoms with E-state index in [1.807, 2.05) is 0 Å². The topological polar surface area (TPSA) is 96.9 Å². The fourth-order valence-corrected chi connectivity index (χ4v) is 1.82. The zero-order chi connectivity index (χ0) is 14.2. The molecular formula is C12H12N2O5. The molecule has 1 unspecified atom stereocenters. The van der Waals surface area contributed by atoms with Crippen molar-refractivity contribution in [3.05, 3.63) is 34.2 Å². The number of rotatable bonds is 2. The molecule has 1 aromatic rings. The molecule has 19 heavy (non-hydrogen) atoms. The van der Waals surface area contributed by atoms with E-state index in [1.54, 1.807) is 19.9 Å². The molecule has 0 bridgehead atoms. The van der Waals surface area contributed by atoms with Gasteiger partial charge >= 0.3 is 17.6 Å². The molecule has 1 heterocycles. The van der Waals surface area contributed by atoms with Gasteiger partial charge in [-0.3, -0.25) is 5.06 Å². The van der Waals surface area contributed by atoms with Crippen molar-refractivity contribution in [3.63, 3.8) is 0 Å². The van der Waals surface area contributed by atoms with Crippen molar-refractivity contribution in [2.75, 3.05) is 6.61 Å². The Labute approximate surface area is 108 Å². The molecular weight excluding hydrogens is 252 g/mol. The van der Waals surface area contributed by atoms with E-state index in [9.17, 15) is 20.0 Å². The lowest BCUT2D eigenvalue weighted by atomic mass is 10.1. The fourth-order valence-electron chi connectivity index (χ4n) is 1.82. The van der Waals surface area contributed by atoms with Crippen LogP contribution in [0.15, 0.2) is 18.2 Å². The quantitative estimate of drug-likeness (QED) is 0.449. The number of hydrogen-bond acceptors (Lipinski definition) is 5. The van der Waals surface area contributed by atoms with Gasteiger partial charge in [-0.2, -0.15) is 0 Å². The summed E-state index contributed by atoms with van der Waals surface area (Å²) < 4.78 is 4.80. The average molecular weight is 264 g/mol. The summed E-state index contributed by atoms with van der Waals surface area (Å²) in [5.74, 6) is -2.21. The molecule has 7 nitrogen and oxygen atoms in total. The second-order valence-electron chi connectivity index (χ2n) is 4.04. The highest BCUT2D eigenvalue weighted by atomic mass is 16.5. The van der Waals surface area contributed by atoms with Crippen molar-refractivity contribution >= 4 is 29.0 Å². The van der Waals surface area contributed by atoms with Crippen molar-refractivity contribution in [1.82, 2.24) is 0 Å². The predicted octanol–water partition coefficient (Wildman–Crippen LogP) is -0.305. The lowest BCUT2D eigenvalue weighted by Gasteiger charge is -2.24. The minimum Gasteiger partial charge on any atom is -0.621 e. The highest BCUT2D eigenvalue weighted by Crippen LogP contribution is 2.24. The number of aryl methyl sites for hydroxylation is 1. The molecule has 1 aromatic carbocycles. The van der Waals surface area contributed by atoms with Crippen LogP contribution in [0.4, 0.5) is 11.4 Å². The molecule has 0 spiro atoms. The van der Waals surface area contributed by atoms with E-state index in [2.05, 4.69) is 4.74 Å². The van der Waals surface area contributed by atoms with Crippen LogP contribution in [0.25, 0.3) is 0 Å². The van der Waals surface area contributed by atoms with Gasteiger partial charge in [-0.1, -0.05) is 6.07 Å². The maximum absolute atomic E-state index is 12.0. The fraction of sp³-hybridized carbons (Fsp3) is 0.250. The number of carbonyl (C=O) groups is 2. The van der Waals surface area contributed by atoms with E-state index >= 15 is 0 Å². The summed E-state index contributed by atoms with van der Waals surface area (Å²) in [5.41, 5.74) is -0.0544. The summed E-state index contributed by atoms with van der Waals surface area (Å²) in [7, 11) is 0. The normalized spacial score (nSPS) is 18.3. The molecule has 1 amide bonds. The number of amides is 1. The summed E-state index contributed by atoms with van der Waals surface area (Å²) in [5, 5.41) is 23.0. The summed E-state index contributed by atoms with van der Waals surface area (Å²) in [4.78, 5) is 23.4. The third-order valence-corrected chi connectivity index (χ3v) is 2.71. The number of nitrogens with zero attached hydrogens (tertiary/aromatic N) is 1. The van der Waals surface area contributed by atoms with Gasteiger partial charge in [-0.15, -0.1) is 4.74 Å². The minimum absolute atomic E-state index is 0.00125. The van der Waals surface area contributed by atoms with Crippen LogP contribution in [-0.2, 0) is 14.3 Å². The van der Waals surface area contributed by atoms with Crippen molar-refractivity contribution in [1.29, 1.82) is 0 Å². The van der Waals surface area contributed by atoms with Gasteiger partial charge in [-0.25, -0.2) is 9.59 Å². The van der Waals surface area contributed by atoms with Crippen molar-refractivity contribution < 1.29 is 24.1 Å². The van der Waals surface area contributed by atoms with Crippen LogP contribution in [-0.4, -0.2) is 28.9 Å². The Kier molecular flexibility index (Phi) is 3.32. The van der Waals surface area contributed by atoms with Crippen LogP contribution in [0, 0.1) is 17.3 Å². The van der Waals surface area contributed by atoms with E-state index in [4.69, 9.17) is 0 Å². The first-order valence-corrected chi connectivity index (χ1v) is 5.68. The van der Waals surface area contributed by atoms with Crippen molar-refractivity contribution in [2.45, 2.75) is 13.8 Å². The molecule has 1 atom stereocenters. The van der Waals surface area contributed by atoms with Gasteiger partial charge in [0.15, 0.2) is 0 Å². The van der Waals surface area contributed by atoms with Gasteiger partial charge in [0.05, 0.1) is 6.61 Å². The third-order valence-electron chi connectivity index (χ3n) is 2.71. The molecule has 100 valence electrons. The monoisotopic (exact) mass is 264 g/mol. The number of esters is 1. The minimum atomic E-state index is -1.13. The Balaban J connectivity index is 2.62. The Morgan fingerprint density at radius 1 is 1.47 bits per heavy atom. The second kappa shape index (κ2) is 4.79. The van der Waals surface area contributed by atoms with Crippen LogP contribution in [0.2, 0.25) is 0 Å². The maximum Gasteiger partial charge on any atom is 0.423 e. The Morgan fingerprint density at radius 3 is 2.79 bits per heavy atom. The van der Waals surface area contributed by atoms with Crippen LogP contribution >= 0.6 is 0 Å². The summed E-state index contributed by atoms with van der Waals surface area (Å²) in [6, 6.07) is 4.47. The van der Waals surface area contributed by atoms with Gasteiger partial charge in [0.2, 0.25) is 5.69 Å². The number of quaternary nitrogens is 1. The largest absolute Gasteiger partial charge is 0.621 e. The first kappa shape index (κ1) is 13.2. The van der Waals surface area contributed by atoms with Crippen LogP contribution in [0.3, 0.4) is 0 Å². The molecule has 1 aliphatic rings. The molecule has 0 aliphatic carbocycles.